The second-order valence-corrected chi connectivity index (χ2v) is 6.01. The van der Waals surface area contributed by atoms with Crippen molar-refractivity contribution >= 4 is 23.2 Å². The molecule has 128 valence electrons. The minimum atomic E-state index is -0.427. The van der Waals surface area contributed by atoms with E-state index in [0.29, 0.717) is 17.0 Å². The van der Waals surface area contributed by atoms with Crippen LogP contribution in [-0.4, -0.2) is 24.1 Å². The number of para-hydroxylation sites is 1. The molecular weight excluding hydrogens is 318 g/mol. The van der Waals surface area contributed by atoms with Crippen molar-refractivity contribution in [3.63, 3.8) is 0 Å². The maximum Gasteiger partial charge on any atom is 0.277 e. The highest BCUT2D eigenvalue weighted by Crippen LogP contribution is 2.24. The van der Waals surface area contributed by atoms with Gasteiger partial charge in [-0.3, -0.25) is 9.59 Å². The second kappa shape index (κ2) is 6.76. The topological polar surface area (TPSA) is 79.8 Å². The van der Waals surface area contributed by atoms with Crippen LogP contribution < -0.4 is 15.5 Å². The van der Waals surface area contributed by atoms with Crippen LogP contribution in [0.5, 0.6) is 5.75 Å². The summed E-state index contributed by atoms with van der Waals surface area (Å²) in [5, 5.41) is 6.64. The van der Waals surface area contributed by atoms with Crippen molar-refractivity contribution in [2.75, 3.05) is 11.9 Å². The lowest BCUT2D eigenvalue weighted by molar-refractivity contribution is -0.123. The molecule has 0 aromatic heterocycles. The number of ether oxygens (including phenoxy) is 1. The standard InChI is InChI=1S/C19H19N3O3/c1-11-8-12(2)18(13(3)9-11)25-10-16(23)21-22-17-14-6-4-5-7-15(14)20-19(17)24/h4-9H,10H2,1-3H3,(H,21,23)(H,20,22,24). The lowest BCUT2D eigenvalue weighted by atomic mass is 10.1. The molecule has 25 heavy (non-hydrogen) atoms. The normalized spacial score (nSPS) is 14.2. The number of fused-ring (bicyclic) bond motifs is 1. The summed E-state index contributed by atoms with van der Waals surface area (Å²) in [5.41, 5.74) is 7.00. The van der Waals surface area contributed by atoms with Crippen LogP contribution in [0.15, 0.2) is 41.5 Å². The number of aryl methyl sites for hydroxylation is 3. The number of anilines is 1. The smallest absolute Gasteiger partial charge is 0.277 e. The lowest BCUT2D eigenvalue weighted by Gasteiger charge is -2.12. The third-order valence-electron chi connectivity index (χ3n) is 3.89. The van der Waals surface area contributed by atoms with Gasteiger partial charge in [0.05, 0.1) is 5.69 Å². The number of carbonyl (C=O) groups excluding carboxylic acids is 2. The van der Waals surface area contributed by atoms with Crippen LogP contribution >= 0.6 is 0 Å². The molecule has 6 nitrogen and oxygen atoms in total. The zero-order valence-electron chi connectivity index (χ0n) is 14.3. The summed E-state index contributed by atoms with van der Waals surface area (Å²) in [4.78, 5) is 23.9. The van der Waals surface area contributed by atoms with Gasteiger partial charge in [-0.05, 0) is 38.0 Å². The molecule has 0 aliphatic carbocycles. The Morgan fingerprint density at radius 2 is 1.84 bits per heavy atom. The summed E-state index contributed by atoms with van der Waals surface area (Å²) in [6.45, 7) is 5.71. The van der Waals surface area contributed by atoms with E-state index >= 15 is 0 Å². The Labute approximate surface area is 145 Å². The molecule has 2 aromatic carbocycles. The molecule has 0 saturated heterocycles. The van der Waals surface area contributed by atoms with Crippen molar-refractivity contribution < 1.29 is 14.3 Å². The van der Waals surface area contributed by atoms with E-state index in [2.05, 4.69) is 15.8 Å². The van der Waals surface area contributed by atoms with E-state index < -0.39 is 5.91 Å². The molecular formula is C19H19N3O3. The maximum atomic E-state index is 12.0. The van der Waals surface area contributed by atoms with Crippen molar-refractivity contribution in [1.29, 1.82) is 0 Å². The lowest BCUT2D eigenvalue weighted by Crippen LogP contribution is -2.28. The first-order valence-corrected chi connectivity index (χ1v) is 7.93. The number of carbonyl (C=O) groups is 2. The molecule has 6 heteroatoms. The summed E-state index contributed by atoms with van der Waals surface area (Å²) in [5.74, 6) is -0.0749. The molecule has 2 aromatic rings. The van der Waals surface area contributed by atoms with Gasteiger partial charge in [-0.2, -0.15) is 5.10 Å². The van der Waals surface area contributed by atoms with Crippen molar-refractivity contribution in [3.05, 3.63) is 58.7 Å². The molecule has 1 aliphatic heterocycles. The Balaban J connectivity index is 1.65. The Morgan fingerprint density at radius 3 is 2.56 bits per heavy atom. The number of hydrazone groups is 1. The number of nitrogens with zero attached hydrogens (tertiary/aromatic N) is 1. The molecule has 0 unspecified atom stereocenters. The highest BCUT2D eigenvalue weighted by Gasteiger charge is 2.25. The fourth-order valence-electron chi connectivity index (χ4n) is 2.90. The van der Waals surface area contributed by atoms with Gasteiger partial charge in [0, 0.05) is 5.56 Å². The Morgan fingerprint density at radius 1 is 1.16 bits per heavy atom. The highest BCUT2D eigenvalue weighted by molar-refractivity contribution is 6.53. The van der Waals surface area contributed by atoms with Crippen molar-refractivity contribution in [3.8, 4) is 5.75 Å². The van der Waals surface area contributed by atoms with Gasteiger partial charge in [0.1, 0.15) is 5.75 Å². The summed E-state index contributed by atoms with van der Waals surface area (Å²) < 4.78 is 5.61. The molecule has 2 amide bonds. The summed E-state index contributed by atoms with van der Waals surface area (Å²) in [7, 11) is 0. The van der Waals surface area contributed by atoms with E-state index in [1.165, 1.54) is 0 Å². The second-order valence-electron chi connectivity index (χ2n) is 6.01. The van der Waals surface area contributed by atoms with E-state index in [9.17, 15) is 9.59 Å². The predicted octanol–water partition coefficient (Wildman–Crippen LogP) is 2.46. The van der Waals surface area contributed by atoms with Gasteiger partial charge < -0.3 is 10.1 Å². The first kappa shape index (κ1) is 16.7. The minimum absolute atomic E-state index is 0.176. The zero-order chi connectivity index (χ0) is 18.0. The van der Waals surface area contributed by atoms with E-state index in [-0.39, 0.29) is 18.2 Å². The quantitative estimate of drug-likeness (QED) is 0.841. The van der Waals surface area contributed by atoms with Crippen LogP contribution in [0.2, 0.25) is 0 Å². The van der Waals surface area contributed by atoms with Gasteiger partial charge in [-0.15, -0.1) is 0 Å². The number of hydrogen-bond donors (Lipinski definition) is 2. The first-order valence-electron chi connectivity index (χ1n) is 7.93. The van der Waals surface area contributed by atoms with Gasteiger partial charge in [-0.25, -0.2) is 5.43 Å². The van der Waals surface area contributed by atoms with Gasteiger partial charge in [0.15, 0.2) is 12.3 Å². The largest absolute Gasteiger partial charge is 0.483 e. The van der Waals surface area contributed by atoms with Crippen LogP contribution in [0.1, 0.15) is 22.3 Å². The van der Waals surface area contributed by atoms with Crippen molar-refractivity contribution in [1.82, 2.24) is 5.43 Å². The molecule has 0 radical (unpaired) electrons. The molecule has 1 heterocycles. The Kier molecular flexibility index (Phi) is 4.52. The monoisotopic (exact) mass is 337 g/mol. The Bertz CT molecular complexity index is 864. The number of rotatable bonds is 4. The molecule has 3 rings (SSSR count). The fourth-order valence-corrected chi connectivity index (χ4v) is 2.90. The molecule has 2 N–H and O–H groups in total. The molecule has 0 spiro atoms. The van der Waals surface area contributed by atoms with E-state index in [0.717, 1.165) is 16.7 Å². The van der Waals surface area contributed by atoms with Gasteiger partial charge in [-0.1, -0.05) is 35.9 Å². The SMILES string of the molecule is Cc1cc(C)c(OCC(=O)N/N=C2\C(=O)Nc3ccccc32)c(C)c1. The minimum Gasteiger partial charge on any atom is -0.483 e. The van der Waals surface area contributed by atoms with Crippen LogP contribution in [0.4, 0.5) is 5.69 Å². The van der Waals surface area contributed by atoms with E-state index in [1.807, 2.05) is 45.0 Å². The highest BCUT2D eigenvalue weighted by atomic mass is 16.5. The molecule has 0 bridgehead atoms. The average molecular weight is 337 g/mol. The van der Waals surface area contributed by atoms with Gasteiger partial charge >= 0.3 is 0 Å². The maximum absolute atomic E-state index is 12.0. The average Bonchev–Trinajstić information content (AvgIpc) is 2.87. The fraction of sp³-hybridized carbons (Fsp3) is 0.211. The summed E-state index contributed by atoms with van der Waals surface area (Å²) >= 11 is 0. The molecule has 0 atom stereocenters. The van der Waals surface area contributed by atoms with Crippen molar-refractivity contribution in [2.45, 2.75) is 20.8 Å². The first-order chi connectivity index (χ1) is 12.0. The summed E-state index contributed by atoms with van der Waals surface area (Å²) in [6, 6.07) is 11.2. The third kappa shape index (κ3) is 3.52. The van der Waals surface area contributed by atoms with E-state index in [4.69, 9.17) is 4.74 Å². The Hall–Kier alpha value is -3.15. The third-order valence-corrected chi connectivity index (χ3v) is 3.89. The number of hydrogen-bond acceptors (Lipinski definition) is 4. The number of amides is 2. The summed E-state index contributed by atoms with van der Waals surface area (Å²) in [6.07, 6.45) is 0. The number of benzene rings is 2. The molecule has 0 fully saturated rings. The molecule has 1 aliphatic rings. The van der Waals surface area contributed by atoms with Gasteiger partial charge in [0.2, 0.25) is 0 Å². The number of nitrogens with one attached hydrogen (secondary N) is 2. The predicted molar refractivity (Wildman–Crippen MR) is 95.9 cm³/mol. The van der Waals surface area contributed by atoms with Crippen LogP contribution in [-0.2, 0) is 9.59 Å². The van der Waals surface area contributed by atoms with Crippen LogP contribution in [0.3, 0.4) is 0 Å². The zero-order valence-corrected chi connectivity index (χ0v) is 14.3. The molecule has 0 saturated carbocycles. The van der Waals surface area contributed by atoms with Crippen molar-refractivity contribution in [2.24, 2.45) is 5.10 Å². The van der Waals surface area contributed by atoms with E-state index in [1.54, 1.807) is 12.1 Å². The van der Waals surface area contributed by atoms with Gasteiger partial charge in [0.25, 0.3) is 11.8 Å². The van der Waals surface area contributed by atoms with Crippen LogP contribution in [0.25, 0.3) is 0 Å². The van der Waals surface area contributed by atoms with Crippen LogP contribution in [0, 0.1) is 20.8 Å².